The van der Waals surface area contributed by atoms with E-state index in [1.807, 2.05) is 0 Å². The molecule has 6 heteroatoms. The van der Waals surface area contributed by atoms with Crippen molar-refractivity contribution in [1.82, 2.24) is 0 Å². The van der Waals surface area contributed by atoms with Crippen molar-refractivity contribution in [2.75, 3.05) is 0 Å². The summed E-state index contributed by atoms with van der Waals surface area (Å²) in [4.78, 5) is 30.5. The van der Waals surface area contributed by atoms with Crippen LogP contribution < -0.4 is 0 Å². The molecule has 0 aromatic rings. The van der Waals surface area contributed by atoms with E-state index in [1.54, 1.807) is 0 Å². The molecule has 80 valence electrons. The van der Waals surface area contributed by atoms with Crippen molar-refractivity contribution in [3.05, 3.63) is 0 Å². The molecule has 0 spiro atoms. The van der Waals surface area contributed by atoms with Crippen molar-refractivity contribution < 1.29 is 24.1 Å². The van der Waals surface area contributed by atoms with E-state index in [9.17, 15) is 9.59 Å². The van der Waals surface area contributed by atoms with Gasteiger partial charge in [-0.25, -0.2) is 0 Å². The molecule has 0 bridgehead atoms. The van der Waals surface area contributed by atoms with E-state index in [2.05, 4.69) is 4.52 Å². The maximum absolute atomic E-state index is 11.3. The zero-order valence-corrected chi connectivity index (χ0v) is 8.60. The van der Waals surface area contributed by atoms with E-state index in [1.165, 1.54) is 0 Å². The van der Waals surface area contributed by atoms with E-state index in [0.717, 1.165) is 12.8 Å². The fourth-order valence-corrected chi connectivity index (χ4v) is 2.07. The van der Waals surface area contributed by atoms with Gasteiger partial charge in [-0.15, -0.1) is 0 Å². The predicted octanol–water partition coefficient (Wildman–Crippen LogP) is 0.921. The van der Waals surface area contributed by atoms with Crippen LogP contribution >= 0.6 is 9.03 Å². The van der Waals surface area contributed by atoms with Crippen LogP contribution in [0.15, 0.2) is 0 Å². The van der Waals surface area contributed by atoms with Crippen molar-refractivity contribution in [3.8, 4) is 0 Å². The van der Waals surface area contributed by atoms with Gasteiger partial charge >= 0.3 is 11.9 Å². The second-order valence-corrected chi connectivity index (χ2v) is 3.73. The van der Waals surface area contributed by atoms with E-state index < -0.39 is 32.8 Å². The maximum atomic E-state index is 11.3. The Labute approximate surface area is 83.4 Å². The average molecular weight is 220 g/mol. The molecule has 1 rings (SSSR count). The summed E-state index contributed by atoms with van der Waals surface area (Å²) in [5.41, 5.74) is 0. The fraction of sp³-hybridized carbons (Fsp3) is 0.750. The molecule has 1 aliphatic carbocycles. The molecule has 0 radical (unpaired) electrons. The third-order valence-electron chi connectivity index (χ3n) is 2.53. The first-order chi connectivity index (χ1) is 6.66. The van der Waals surface area contributed by atoms with Crippen LogP contribution in [-0.4, -0.2) is 21.9 Å². The second-order valence-electron chi connectivity index (χ2n) is 3.35. The number of hydrogen-bond acceptors (Lipinski definition) is 4. The molecule has 0 heterocycles. The Morgan fingerprint density at radius 3 is 2.29 bits per heavy atom. The average Bonchev–Trinajstić information content (AvgIpc) is 2.18. The van der Waals surface area contributed by atoms with Gasteiger partial charge in [0.15, 0.2) is 0 Å². The van der Waals surface area contributed by atoms with E-state index in [-0.39, 0.29) is 0 Å². The normalized spacial score (nSPS) is 27.8. The number of rotatable bonds is 3. The SMILES string of the molecule is O=C(O)C1CCCCC1C(=O)OPO. The van der Waals surface area contributed by atoms with Crippen molar-refractivity contribution in [1.29, 1.82) is 0 Å². The number of carboxylic acids is 1. The lowest BCUT2D eigenvalue weighted by Gasteiger charge is -2.26. The van der Waals surface area contributed by atoms with E-state index >= 15 is 0 Å². The molecule has 0 aromatic heterocycles. The Morgan fingerprint density at radius 1 is 1.21 bits per heavy atom. The Morgan fingerprint density at radius 2 is 1.79 bits per heavy atom. The van der Waals surface area contributed by atoms with Gasteiger partial charge in [0.2, 0.25) is 9.03 Å². The maximum Gasteiger partial charge on any atom is 0.314 e. The molecule has 1 fully saturated rings. The summed E-state index contributed by atoms with van der Waals surface area (Å²) >= 11 is 0. The van der Waals surface area contributed by atoms with Crippen LogP contribution in [0.4, 0.5) is 0 Å². The van der Waals surface area contributed by atoms with E-state index in [4.69, 9.17) is 10.00 Å². The van der Waals surface area contributed by atoms with Gasteiger partial charge in [-0.3, -0.25) is 9.59 Å². The fourth-order valence-electron chi connectivity index (χ4n) is 1.83. The highest BCUT2D eigenvalue weighted by atomic mass is 31.1. The van der Waals surface area contributed by atoms with Gasteiger partial charge in [0.05, 0.1) is 11.8 Å². The van der Waals surface area contributed by atoms with Gasteiger partial charge in [0.25, 0.3) is 0 Å². The van der Waals surface area contributed by atoms with Gasteiger partial charge in [-0.2, -0.15) is 0 Å². The summed E-state index contributed by atoms with van der Waals surface area (Å²) in [6, 6.07) is 0. The summed E-state index contributed by atoms with van der Waals surface area (Å²) in [5, 5.41) is 8.86. The van der Waals surface area contributed by atoms with Gasteiger partial charge in [0, 0.05) is 0 Å². The Bertz CT molecular complexity index is 230. The number of aliphatic carboxylic acids is 1. The molecule has 1 saturated carbocycles. The first kappa shape index (κ1) is 11.4. The van der Waals surface area contributed by atoms with Crippen LogP contribution in [-0.2, 0) is 14.1 Å². The van der Waals surface area contributed by atoms with Crippen LogP contribution in [0.2, 0.25) is 0 Å². The summed E-state index contributed by atoms with van der Waals surface area (Å²) in [6.07, 6.45) is 2.74. The number of carbonyl (C=O) groups excluding carboxylic acids is 1. The molecule has 0 saturated heterocycles. The van der Waals surface area contributed by atoms with Gasteiger partial charge in [0.1, 0.15) is 0 Å². The summed E-state index contributed by atoms with van der Waals surface area (Å²) in [5.74, 6) is -2.76. The third-order valence-corrected chi connectivity index (χ3v) is 2.82. The largest absolute Gasteiger partial charge is 0.481 e. The van der Waals surface area contributed by atoms with Crippen molar-refractivity contribution in [3.63, 3.8) is 0 Å². The van der Waals surface area contributed by atoms with Crippen LogP contribution in [0, 0.1) is 11.8 Å². The molecule has 3 atom stereocenters. The highest BCUT2D eigenvalue weighted by Crippen LogP contribution is 2.32. The smallest absolute Gasteiger partial charge is 0.314 e. The Kier molecular flexibility index (Phi) is 4.29. The summed E-state index contributed by atoms with van der Waals surface area (Å²) in [6.45, 7) is 0. The zero-order chi connectivity index (χ0) is 10.6. The molecule has 0 aromatic carbocycles. The molecule has 1 aliphatic rings. The van der Waals surface area contributed by atoms with Gasteiger partial charge in [-0.1, -0.05) is 12.8 Å². The zero-order valence-electron chi connectivity index (χ0n) is 7.60. The molecule has 0 amide bonds. The monoisotopic (exact) mass is 220 g/mol. The second kappa shape index (κ2) is 5.27. The minimum absolute atomic E-state index is 0.517. The lowest BCUT2D eigenvalue weighted by atomic mass is 9.79. The van der Waals surface area contributed by atoms with Crippen LogP contribution in [0.3, 0.4) is 0 Å². The molecular weight excluding hydrogens is 207 g/mol. The lowest BCUT2D eigenvalue weighted by Crippen LogP contribution is -2.32. The standard InChI is InChI=1S/C8H13O5P/c9-7(10)5-3-1-2-4-6(5)8(11)13-14-12/h5-6,12,14H,1-4H2,(H,9,10). The van der Waals surface area contributed by atoms with Crippen LogP contribution in [0.1, 0.15) is 25.7 Å². The highest BCUT2D eigenvalue weighted by Gasteiger charge is 2.36. The third kappa shape index (κ3) is 2.66. The Hall–Kier alpha value is -0.670. The van der Waals surface area contributed by atoms with Crippen molar-refractivity contribution in [2.24, 2.45) is 11.8 Å². The quantitative estimate of drug-likeness (QED) is 0.691. The van der Waals surface area contributed by atoms with Gasteiger partial charge in [-0.05, 0) is 12.8 Å². The summed E-state index contributed by atoms with van der Waals surface area (Å²) in [7, 11) is -0.897. The Balaban J connectivity index is 2.62. The predicted molar refractivity (Wildman–Crippen MR) is 49.7 cm³/mol. The van der Waals surface area contributed by atoms with Crippen LogP contribution in [0.5, 0.6) is 0 Å². The summed E-state index contributed by atoms with van der Waals surface area (Å²) < 4.78 is 4.44. The first-order valence-corrected chi connectivity index (χ1v) is 5.35. The highest BCUT2D eigenvalue weighted by molar-refractivity contribution is 7.25. The molecular formula is C8H13O5P. The lowest BCUT2D eigenvalue weighted by molar-refractivity contribution is -0.153. The minimum Gasteiger partial charge on any atom is -0.481 e. The molecule has 0 aliphatic heterocycles. The van der Waals surface area contributed by atoms with Crippen LogP contribution in [0.25, 0.3) is 0 Å². The molecule has 14 heavy (non-hydrogen) atoms. The number of carbonyl (C=O) groups is 2. The minimum atomic E-state index is -0.951. The topological polar surface area (TPSA) is 83.8 Å². The molecule has 2 N–H and O–H groups in total. The number of hydrogen-bond donors (Lipinski definition) is 2. The van der Waals surface area contributed by atoms with E-state index in [0.29, 0.717) is 12.8 Å². The first-order valence-electron chi connectivity index (χ1n) is 4.49. The van der Waals surface area contributed by atoms with Crippen molar-refractivity contribution in [2.45, 2.75) is 25.7 Å². The molecule has 5 nitrogen and oxygen atoms in total. The molecule has 3 unspecified atom stereocenters. The van der Waals surface area contributed by atoms with Crippen molar-refractivity contribution >= 4 is 21.0 Å². The number of carboxylic acid groups (broad SMARTS) is 1. The van der Waals surface area contributed by atoms with Gasteiger partial charge < -0.3 is 14.5 Å².